The molecule has 0 aromatic rings. The first kappa shape index (κ1) is 9.33. The van der Waals surface area contributed by atoms with E-state index in [9.17, 15) is 0 Å². The molecule has 3 nitrogen and oxygen atoms in total. The van der Waals surface area contributed by atoms with Crippen molar-refractivity contribution < 1.29 is 4.84 Å². The Labute approximate surface area is 61.5 Å². The van der Waals surface area contributed by atoms with Crippen molar-refractivity contribution in [3.63, 3.8) is 0 Å². The minimum Gasteiger partial charge on any atom is -0.304 e. The van der Waals surface area contributed by atoms with Gasteiger partial charge < -0.3 is 9.83 Å². The van der Waals surface area contributed by atoms with Crippen LogP contribution in [0.2, 0.25) is 0 Å². The lowest BCUT2D eigenvalue weighted by molar-refractivity contribution is 0.143. The van der Waals surface area contributed by atoms with Crippen molar-refractivity contribution in [1.29, 1.82) is 0 Å². The molecule has 0 heterocycles. The number of hydrogen-bond acceptors (Lipinski definition) is 3. The Balaban J connectivity index is 3.04. The third-order valence-electron chi connectivity index (χ3n) is 0.993. The summed E-state index contributed by atoms with van der Waals surface area (Å²) in [5.74, 6) is 4.81. The van der Waals surface area contributed by atoms with Crippen molar-refractivity contribution in [2.45, 2.75) is 12.8 Å². The summed E-state index contributed by atoms with van der Waals surface area (Å²) in [6, 6.07) is 0. The average Bonchev–Trinajstić information content (AvgIpc) is 1.97. The molecule has 0 radical (unpaired) electrons. The summed E-state index contributed by atoms with van der Waals surface area (Å²) in [4.78, 5) is 8.18. The Kier molecular flexibility index (Phi) is 7.77. The van der Waals surface area contributed by atoms with E-state index in [4.69, 9.17) is 5.90 Å². The third kappa shape index (κ3) is 7.33. The van der Waals surface area contributed by atoms with Crippen LogP contribution >= 0.6 is 0 Å². The highest BCUT2D eigenvalue weighted by molar-refractivity contribution is 5.58. The van der Waals surface area contributed by atoms with Gasteiger partial charge in [0.15, 0.2) is 0 Å². The van der Waals surface area contributed by atoms with E-state index < -0.39 is 0 Å². The number of aliphatic imine (C=N–C) groups is 1. The van der Waals surface area contributed by atoms with Crippen LogP contribution in [0.25, 0.3) is 0 Å². The fraction of sp³-hybridized carbons (Fsp3) is 0.571. The first-order valence-electron chi connectivity index (χ1n) is 3.29. The number of nitrogens with two attached hydrogens (primary N) is 1. The second kappa shape index (κ2) is 8.33. The van der Waals surface area contributed by atoms with Crippen molar-refractivity contribution >= 4 is 6.21 Å². The van der Waals surface area contributed by atoms with Gasteiger partial charge in [-0.3, -0.25) is 0 Å². The van der Waals surface area contributed by atoms with Crippen LogP contribution in [0, 0.1) is 0 Å². The highest BCUT2D eigenvalue weighted by atomic mass is 16.6. The summed E-state index contributed by atoms with van der Waals surface area (Å²) >= 11 is 0. The van der Waals surface area contributed by atoms with Gasteiger partial charge in [0, 0.05) is 19.7 Å². The van der Waals surface area contributed by atoms with Crippen LogP contribution in [0.4, 0.5) is 0 Å². The zero-order valence-corrected chi connectivity index (χ0v) is 6.29. The topological polar surface area (TPSA) is 47.6 Å². The molecule has 0 aliphatic rings. The predicted octanol–water partition coefficient (Wildman–Crippen LogP) is 0.914. The van der Waals surface area contributed by atoms with Gasteiger partial charge in [0.05, 0.1) is 6.61 Å². The van der Waals surface area contributed by atoms with Gasteiger partial charge in [-0.2, -0.15) is 0 Å². The predicted molar refractivity (Wildman–Crippen MR) is 42.9 cm³/mol. The van der Waals surface area contributed by atoms with Crippen LogP contribution in [0.15, 0.2) is 17.1 Å². The number of rotatable bonds is 5. The number of hydrogen-bond donors (Lipinski definition) is 1. The molecule has 2 N–H and O–H groups in total. The summed E-state index contributed by atoms with van der Waals surface area (Å²) in [6.07, 6.45) is 7.66. The Morgan fingerprint density at radius 1 is 1.50 bits per heavy atom. The maximum absolute atomic E-state index is 4.81. The fourth-order valence-corrected chi connectivity index (χ4v) is 0.516. The lowest BCUT2D eigenvalue weighted by Gasteiger charge is -1.88. The molecule has 0 saturated carbocycles. The van der Waals surface area contributed by atoms with Crippen LogP contribution in [0.5, 0.6) is 0 Å². The van der Waals surface area contributed by atoms with Gasteiger partial charge in [-0.15, -0.1) is 0 Å². The normalized spacial score (nSPS) is 11.8. The van der Waals surface area contributed by atoms with Crippen molar-refractivity contribution in [2.75, 3.05) is 13.7 Å². The molecular weight excluding hydrogens is 128 g/mol. The summed E-state index contributed by atoms with van der Waals surface area (Å²) in [7, 11) is 1.76. The Morgan fingerprint density at radius 2 is 2.30 bits per heavy atom. The maximum atomic E-state index is 4.81. The minimum absolute atomic E-state index is 0.583. The maximum Gasteiger partial charge on any atom is 0.0713 e. The molecule has 0 fully saturated rings. The van der Waals surface area contributed by atoms with Crippen molar-refractivity contribution in [3.8, 4) is 0 Å². The molecule has 0 aliphatic heterocycles. The SMILES string of the molecule is CN=CCC=CCCON. The highest BCUT2D eigenvalue weighted by Crippen LogP contribution is 1.84. The summed E-state index contributed by atoms with van der Waals surface area (Å²) < 4.78 is 0. The Bertz CT molecular complexity index is 110. The van der Waals surface area contributed by atoms with Gasteiger partial charge in [-0.1, -0.05) is 12.2 Å². The molecule has 0 rings (SSSR count). The molecule has 10 heavy (non-hydrogen) atoms. The van der Waals surface area contributed by atoms with E-state index in [0.717, 1.165) is 12.8 Å². The minimum atomic E-state index is 0.583. The third-order valence-corrected chi connectivity index (χ3v) is 0.993. The quantitative estimate of drug-likeness (QED) is 0.268. The largest absolute Gasteiger partial charge is 0.304 e. The second-order valence-corrected chi connectivity index (χ2v) is 1.81. The molecule has 58 valence electrons. The van der Waals surface area contributed by atoms with Crippen LogP contribution < -0.4 is 5.90 Å². The molecule has 0 spiro atoms. The van der Waals surface area contributed by atoms with Gasteiger partial charge in [-0.05, 0) is 6.42 Å². The molecule has 0 unspecified atom stereocenters. The van der Waals surface area contributed by atoms with Gasteiger partial charge in [0.1, 0.15) is 0 Å². The monoisotopic (exact) mass is 142 g/mol. The molecular formula is C7H14N2O. The molecule has 0 bridgehead atoms. The van der Waals surface area contributed by atoms with Gasteiger partial charge in [0.25, 0.3) is 0 Å². The summed E-state index contributed by atoms with van der Waals surface area (Å²) in [6.45, 7) is 0.583. The summed E-state index contributed by atoms with van der Waals surface area (Å²) in [5, 5.41) is 0. The first-order chi connectivity index (χ1) is 4.91. The lowest BCUT2D eigenvalue weighted by atomic mass is 10.3. The van der Waals surface area contributed by atoms with Crippen molar-refractivity contribution in [2.24, 2.45) is 10.9 Å². The first-order valence-corrected chi connectivity index (χ1v) is 3.29. The number of nitrogens with zero attached hydrogens (tertiary/aromatic N) is 1. The molecule has 0 aromatic heterocycles. The van der Waals surface area contributed by atoms with Crippen LogP contribution in [0.3, 0.4) is 0 Å². The highest BCUT2D eigenvalue weighted by Gasteiger charge is 1.76. The van der Waals surface area contributed by atoms with E-state index in [2.05, 4.69) is 9.83 Å². The number of allylic oxidation sites excluding steroid dienone is 1. The fourth-order valence-electron chi connectivity index (χ4n) is 0.516. The Hall–Kier alpha value is -0.670. The van der Waals surface area contributed by atoms with Crippen molar-refractivity contribution in [3.05, 3.63) is 12.2 Å². The molecule has 0 saturated heterocycles. The lowest BCUT2D eigenvalue weighted by Crippen LogP contribution is -1.98. The smallest absolute Gasteiger partial charge is 0.0713 e. The average molecular weight is 142 g/mol. The van der Waals surface area contributed by atoms with Crippen LogP contribution in [-0.4, -0.2) is 19.9 Å². The van der Waals surface area contributed by atoms with Gasteiger partial charge in [-0.25, -0.2) is 5.90 Å². The molecule has 0 aromatic carbocycles. The van der Waals surface area contributed by atoms with E-state index in [0.29, 0.717) is 6.61 Å². The Morgan fingerprint density at radius 3 is 2.90 bits per heavy atom. The molecule has 0 aliphatic carbocycles. The van der Waals surface area contributed by atoms with Crippen LogP contribution in [-0.2, 0) is 4.84 Å². The zero-order valence-electron chi connectivity index (χ0n) is 6.29. The van der Waals surface area contributed by atoms with Crippen molar-refractivity contribution in [1.82, 2.24) is 0 Å². The van der Waals surface area contributed by atoms with E-state index in [1.54, 1.807) is 7.05 Å². The van der Waals surface area contributed by atoms with Crippen LogP contribution in [0.1, 0.15) is 12.8 Å². The molecule has 0 atom stereocenters. The van der Waals surface area contributed by atoms with E-state index in [1.807, 2.05) is 18.4 Å². The van der Waals surface area contributed by atoms with Gasteiger partial charge in [0.2, 0.25) is 0 Å². The van der Waals surface area contributed by atoms with Gasteiger partial charge >= 0.3 is 0 Å². The second-order valence-electron chi connectivity index (χ2n) is 1.81. The van der Waals surface area contributed by atoms with E-state index in [1.165, 1.54) is 0 Å². The molecule has 3 heteroatoms. The zero-order chi connectivity index (χ0) is 7.66. The summed E-state index contributed by atoms with van der Waals surface area (Å²) in [5.41, 5.74) is 0. The molecule has 0 amide bonds. The van der Waals surface area contributed by atoms with E-state index in [-0.39, 0.29) is 0 Å². The van der Waals surface area contributed by atoms with E-state index >= 15 is 0 Å². The standard InChI is InChI=1S/C7H14N2O/c1-9-6-4-2-3-5-7-10-8/h2-3,6H,4-5,7-8H2,1H3.